The van der Waals surface area contributed by atoms with Crippen LogP contribution in [0.15, 0.2) is 18.2 Å². The summed E-state index contributed by atoms with van der Waals surface area (Å²) >= 11 is 0. The molecule has 1 aliphatic heterocycles. The van der Waals surface area contributed by atoms with E-state index in [-0.39, 0.29) is 5.75 Å². The summed E-state index contributed by atoms with van der Waals surface area (Å²) in [5, 5.41) is 9.63. The number of hydrogen-bond donors (Lipinski definition) is 1. The minimum Gasteiger partial charge on any atom is -0.504 e. The summed E-state index contributed by atoms with van der Waals surface area (Å²) in [6.07, 6.45) is 2.55. The van der Waals surface area contributed by atoms with Crippen LogP contribution in [0.5, 0.6) is 11.5 Å². The molecule has 2 rings (SSSR count). The van der Waals surface area contributed by atoms with Crippen molar-refractivity contribution in [1.82, 2.24) is 4.90 Å². The molecule has 1 fully saturated rings. The molecule has 0 saturated carbocycles. The summed E-state index contributed by atoms with van der Waals surface area (Å²) in [5.74, 6) is 1.60. The Morgan fingerprint density at radius 2 is 1.90 bits per heavy atom. The predicted octanol–water partition coefficient (Wildman–Crippen LogP) is 3.66. The van der Waals surface area contributed by atoms with Crippen molar-refractivity contribution in [1.29, 1.82) is 0 Å². The lowest BCUT2D eigenvalue weighted by molar-refractivity contribution is 0.108. The molecule has 112 valence electrons. The highest BCUT2D eigenvalue weighted by Gasteiger charge is 2.28. The van der Waals surface area contributed by atoms with Gasteiger partial charge in [-0.15, -0.1) is 0 Å². The van der Waals surface area contributed by atoms with Crippen LogP contribution in [0.1, 0.15) is 39.2 Å². The lowest BCUT2D eigenvalue weighted by atomic mass is 9.75. The standard InChI is InChI=1S/C17H27NO2/c1-17(2,3)14-7-9-18(10-8-14)12-13-5-6-15(19)16(11-13)20-4/h5-6,11,14,19H,7-10,12H2,1-4H3. The van der Waals surface area contributed by atoms with Crippen LogP contribution in [-0.4, -0.2) is 30.2 Å². The summed E-state index contributed by atoms with van der Waals surface area (Å²) in [6.45, 7) is 10.3. The lowest BCUT2D eigenvalue weighted by Crippen LogP contribution is -2.37. The molecule has 3 nitrogen and oxygen atoms in total. The van der Waals surface area contributed by atoms with E-state index in [1.54, 1.807) is 13.2 Å². The summed E-state index contributed by atoms with van der Waals surface area (Å²) < 4.78 is 5.17. The number of piperidine rings is 1. The van der Waals surface area contributed by atoms with E-state index in [4.69, 9.17) is 4.74 Å². The highest BCUT2D eigenvalue weighted by Crippen LogP contribution is 2.35. The molecule has 0 bridgehead atoms. The predicted molar refractivity (Wildman–Crippen MR) is 82.1 cm³/mol. The van der Waals surface area contributed by atoms with Crippen molar-refractivity contribution in [2.45, 2.75) is 40.2 Å². The van der Waals surface area contributed by atoms with Gasteiger partial charge >= 0.3 is 0 Å². The molecular weight excluding hydrogens is 250 g/mol. The van der Waals surface area contributed by atoms with Crippen LogP contribution in [0.2, 0.25) is 0 Å². The van der Waals surface area contributed by atoms with Gasteiger partial charge in [0.05, 0.1) is 7.11 Å². The molecule has 1 saturated heterocycles. The number of nitrogens with zero attached hydrogens (tertiary/aromatic N) is 1. The van der Waals surface area contributed by atoms with Gasteiger partial charge in [-0.1, -0.05) is 26.8 Å². The summed E-state index contributed by atoms with van der Waals surface area (Å²) in [6, 6.07) is 5.63. The quantitative estimate of drug-likeness (QED) is 0.915. The number of hydrogen-bond acceptors (Lipinski definition) is 3. The van der Waals surface area contributed by atoms with E-state index in [9.17, 15) is 5.11 Å². The largest absolute Gasteiger partial charge is 0.504 e. The van der Waals surface area contributed by atoms with E-state index in [1.807, 2.05) is 12.1 Å². The van der Waals surface area contributed by atoms with E-state index in [2.05, 4.69) is 25.7 Å². The Morgan fingerprint density at radius 3 is 2.45 bits per heavy atom. The van der Waals surface area contributed by atoms with Gasteiger partial charge in [0.1, 0.15) is 0 Å². The van der Waals surface area contributed by atoms with Gasteiger partial charge in [0.25, 0.3) is 0 Å². The first-order valence-corrected chi connectivity index (χ1v) is 7.48. The summed E-state index contributed by atoms with van der Waals surface area (Å²) in [7, 11) is 1.59. The van der Waals surface area contributed by atoms with Crippen LogP contribution in [0.3, 0.4) is 0 Å². The van der Waals surface area contributed by atoms with Crippen LogP contribution in [0, 0.1) is 11.3 Å². The second-order valence-corrected chi connectivity index (χ2v) is 6.92. The normalized spacial score (nSPS) is 18.2. The molecule has 3 heteroatoms. The zero-order valence-corrected chi connectivity index (χ0v) is 13.1. The average molecular weight is 277 g/mol. The Kier molecular flexibility index (Phi) is 4.59. The van der Waals surface area contributed by atoms with Gasteiger partial charge in [0, 0.05) is 6.54 Å². The van der Waals surface area contributed by atoms with Crippen molar-refractivity contribution in [2.75, 3.05) is 20.2 Å². The third-order valence-corrected chi connectivity index (χ3v) is 4.46. The number of rotatable bonds is 3. The van der Waals surface area contributed by atoms with Crippen molar-refractivity contribution >= 4 is 0 Å². The van der Waals surface area contributed by atoms with Crippen LogP contribution >= 0.6 is 0 Å². The molecular formula is C17H27NO2. The van der Waals surface area contributed by atoms with Crippen LogP contribution in [0.25, 0.3) is 0 Å². The minimum absolute atomic E-state index is 0.211. The molecule has 0 aromatic heterocycles. The number of aromatic hydroxyl groups is 1. The van der Waals surface area contributed by atoms with E-state index in [0.29, 0.717) is 11.2 Å². The van der Waals surface area contributed by atoms with Crippen molar-refractivity contribution < 1.29 is 9.84 Å². The molecule has 1 N–H and O–H groups in total. The van der Waals surface area contributed by atoms with Gasteiger partial charge < -0.3 is 9.84 Å². The maximum absolute atomic E-state index is 9.63. The fraction of sp³-hybridized carbons (Fsp3) is 0.647. The molecule has 0 radical (unpaired) electrons. The van der Waals surface area contributed by atoms with E-state index in [0.717, 1.165) is 25.6 Å². The van der Waals surface area contributed by atoms with Crippen molar-refractivity contribution in [3.05, 3.63) is 23.8 Å². The third kappa shape index (κ3) is 3.66. The Bertz CT molecular complexity index is 443. The molecule has 1 aromatic rings. The van der Waals surface area contributed by atoms with Crippen molar-refractivity contribution in [2.24, 2.45) is 11.3 Å². The maximum Gasteiger partial charge on any atom is 0.160 e. The summed E-state index contributed by atoms with van der Waals surface area (Å²) in [5.41, 5.74) is 1.63. The van der Waals surface area contributed by atoms with E-state index in [1.165, 1.54) is 18.4 Å². The smallest absolute Gasteiger partial charge is 0.160 e. The fourth-order valence-electron chi connectivity index (χ4n) is 3.04. The highest BCUT2D eigenvalue weighted by molar-refractivity contribution is 5.41. The molecule has 0 amide bonds. The van der Waals surface area contributed by atoms with E-state index >= 15 is 0 Å². The molecule has 0 aliphatic carbocycles. The lowest BCUT2D eigenvalue weighted by Gasteiger charge is -2.38. The first-order chi connectivity index (χ1) is 9.40. The van der Waals surface area contributed by atoms with Gasteiger partial charge in [0.15, 0.2) is 11.5 Å². The molecule has 1 aliphatic rings. The molecule has 0 atom stereocenters. The maximum atomic E-state index is 9.63. The van der Waals surface area contributed by atoms with Gasteiger partial charge in [-0.3, -0.25) is 4.90 Å². The topological polar surface area (TPSA) is 32.7 Å². The Hall–Kier alpha value is -1.22. The molecule has 1 heterocycles. The zero-order chi connectivity index (χ0) is 14.8. The molecule has 0 spiro atoms. The Morgan fingerprint density at radius 1 is 1.25 bits per heavy atom. The molecule has 0 unspecified atom stereocenters. The fourth-order valence-corrected chi connectivity index (χ4v) is 3.04. The second-order valence-electron chi connectivity index (χ2n) is 6.92. The second kappa shape index (κ2) is 6.04. The summed E-state index contributed by atoms with van der Waals surface area (Å²) in [4.78, 5) is 2.49. The first-order valence-electron chi connectivity index (χ1n) is 7.48. The monoisotopic (exact) mass is 277 g/mol. The van der Waals surface area contributed by atoms with Gasteiger partial charge in [0.2, 0.25) is 0 Å². The van der Waals surface area contributed by atoms with Crippen LogP contribution in [0.4, 0.5) is 0 Å². The minimum atomic E-state index is 0.211. The van der Waals surface area contributed by atoms with E-state index < -0.39 is 0 Å². The number of methoxy groups -OCH3 is 1. The Balaban J connectivity index is 1.93. The highest BCUT2D eigenvalue weighted by atomic mass is 16.5. The van der Waals surface area contributed by atoms with Crippen molar-refractivity contribution in [3.63, 3.8) is 0 Å². The number of benzene rings is 1. The first kappa shape index (κ1) is 15.2. The number of likely N-dealkylation sites (tertiary alicyclic amines) is 1. The van der Waals surface area contributed by atoms with Gasteiger partial charge in [-0.2, -0.15) is 0 Å². The molecule has 1 aromatic carbocycles. The average Bonchev–Trinajstić information content (AvgIpc) is 2.40. The Labute approximate surface area is 122 Å². The van der Waals surface area contributed by atoms with Crippen molar-refractivity contribution in [3.8, 4) is 11.5 Å². The van der Waals surface area contributed by atoms with Gasteiger partial charge in [-0.25, -0.2) is 0 Å². The van der Waals surface area contributed by atoms with Gasteiger partial charge in [-0.05, 0) is 55.0 Å². The SMILES string of the molecule is COc1cc(CN2CCC(C(C)(C)C)CC2)ccc1O. The number of phenols is 1. The zero-order valence-electron chi connectivity index (χ0n) is 13.1. The third-order valence-electron chi connectivity index (χ3n) is 4.46. The number of ether oxygens (including phenoxy) is 1. The van der Waals surface area contributed by atoms with Crippen LogP contribution in [-0.2, 0) is 6.54 Å². The number of phenolic OH excluding ortho intramolecular Hbond substituents is 1. The molecule has 20 heavy (non-hydrogen) atoms. The van der Waals surface area contributed by atoms with Crippen LogP contribution < -0.4 is 4.74 Å².